The van der Waals surface area contributed by atoms with E-state index in [1.165, 1.54) is 57.8 Å². The summed E-state index contributed by atoms with van der Waals surface area (Å²) in [5.41, 5.74) is 0.956. The smallest absolute Gasteiger partial charge is 0.309 e. The maximum atomic E-state index is 12.2. The van der Waals surface area contributed by atoms with E-state index in [1.807, 2.05) is 20.8 Å². The summed E-state index contributed by atoms with van der Waals surface area (Å²) in [5, 5.41) is 0. The summed E-state index contributed by atoms with van der Waals surface area (Å²) in [6, 6.07) is 0. The van der Waals surface area contributed by atoms with E-state index in [4.69, 9.17) is 4.74 Å². The minimum atomic E-state index is -0.337. The fraction of sp³-hybridized carbons (Fsp3) is 0.957. The van der Waals surface area contributed by atoms with Crippen LogP contribution in [0.5, 0.6) is 0 Å². The van der Waals surface area contributed by atoms with E-state index in [1.54, 1.807) is 12.8 Å². The molecule has 0 aromatic rings. The predicted molar refractivity (Wildman–Crippen MR) is 101 cm³/mol. The van der Waals surface area contributed by atoms with Gasteiger partial charge in [-0.05, 0) is 108 Å². The van der Waals surface area contributed by atoms with Crippen molar-refractivity contribution in [3.63, 3.8) is 0 Å². The number of carbonyl (C=O) groups excluding carboxylic acids is 1. The van der Waals surface area contributed by atoms with Crippen LogP contribution in [-0.4, -0.2) is 11.6 Å². The zero-order chi connectivity index (χ0) is 17.7. The molecule has 0 aromatic carbocycles. The Morgan fingerprint density at radius 1 is 0.800 bits per heavy atom. The van der Waals surface area contributed by atoms with E-state index in [2.05, 4.69) is 0 Å². The third kappa shape index (κ3) is 3.65. The van der Waals surface area contributed by atoms with Crippen LogP contribution >= 0.6 is 0 Å². The Hall–Kier alpha value is -0.530. The molecule has 0 heterocycles. The molecule has 0 unspecified atom stereocenters. The van der Waals surface area contributed by atoms with Gasteiger partial charge in [-0.2, -0.15) is 0 Å². The lowest BCUT2D eigenvalue weighted by Gasteiger charge is -2.57. The van der Waals surface area contributed by atoms with Crippen LogP contribution in [0.2, 0.25) is 0 Å². The number of hydrogen-bond acceptors (Lipinski definition) is 2. The highest BCUT2D eigenvalue weighted by molar-refractivity contribution is 5.74. The molecule has 0 radical (unpaired) electrons. The average molecular weight is 347 g/mol. The highest BCUT2D eigenvalue weighted by Gasteiger charge is 2.53. The van der Waals surface area contributed by atoms with Gasteiger partial charge in [-0.25, -0.2) is 0 Å². The third-order valence-electron chi connectivity index (χ3n) is 8.16. The first-order valence-electron chi connectivity index (χ1n) is 11.0. The average Bonchev–Trinajstić information content (AvgIpc) is 2.49. The summed E-state index contributed by atoms with van der Waals surface area (Å²) in [5.74, 6) is 2.28. The molecule has 4 aliphatic carbocycles. The highest BCUT2D eigenvalue weighted by Crippen LogP contribution is 2.62. The van der Waals surface area contributed by atoms with E-state index in [0.29, 0.717) is 5.41 Å². The van der Waals surface area contributed by atoms with Gasteiger partial charge in [0.2, 0.25) is 0 Å². The zero-order valence-corrected chi connectivity index (χ0v) is 16.7. The first-order chi connectivity index (χ1) is 11.8. The monoisotopic (exact) mass is 346 g/mol. The van der Waals surface area contributed by atoms with Gasteiger partial charge in [-0.3, -0.25) is 4.79 Å². The van der Waals surface area contributed by atoms with E-state index < -0.39 is 0 Å². The second kappa shape index (κ2) is 6.27. The maximum absolute atomic E-state index is 12.2. The lowest BCUT2D eigenvalue weighted by Crippen LogP contribution is -2.48. The molecule has 4 saturated carbocycles. The van der Waals surface area contributed by atoms with Crippen LogP contribution in [0.15, 0.2) is 0 Å². The molecule has 0 saturated heterocycles. The molecular formula is C23H38O2. The van der Waals surface area contributed by atoms with Gasteiger partial charge in [-0.15, -0.1) is 0 Å². The van der Waals surface area contributed by atoms with Gasteiger partial charge in [-0.1, -0.05) is 19.3 Å². The standard InChI is InChI=1S/C23H38O2/c1-21(2,3)25-20(24)19-15-23(16-19)11-7-17(8-12-23)18-13-22(14-18)9-5-4-6-10-22/h17-19H,4-16H2,1-3H3. The first kappa shape index (κ1) is 17.9. The molecule has 2 heteroatoms. The number of ether oxygens (including phenoxy) is 1. The van der Waals surface area contributed by atoms with Crippen molar-refractivity contribution in [3.05, 3.63) is 0 Å². The maximum Gasteiger partial charge on any atom is 0.309 e. The van der Waals surface area contributed by atoms with Gasteiger partial charge < -0.3 is 4.74 Å². The van der Waals surface area contributed by atoms with E-state index in [0.717, 1.165) is 30.1 Å². The molecule has 4 fully saturated rings. The SMILES string of the molecule is CC(C)(C)OC(=O)C1CC2(CCC(C3CC4(CCCCC4)C3)CC2)C1. The van der Waals surface area contributed by atoms with Gasteiger partial charge in [0.05, 0.1) is 5.92 Å². The van der Waals surface area contributed by atoms with Crippen molar-refractivity contribution in [2.24, 2.45) is 28.6 Å². The van der Waals surface area contributed by atoms with Crippen LogP contribution < -0.4 is 0 Å². The lowest BCUT2D eigenvalue weighted by molar-refractivity contribution is -0.171. The van der Waals surface area contributed by atoms with Gasteiger partial charge in [0.15, 0.2) is 0 Å². The molecule has 142 valence electrons. The largest absolute Gasteiger partial charge is 0.460 e. The topological polar surface area (TPSA) is 26.3 Å². The molecular weight excluding hydrogens is 308 g/mol. The van der Waals surface area contributed by atoms with Crippen molar-refractivity contribution >= 4 is 5.97 Å². The molecule has 0 aliphatic heterocycles. The summed E-state index contributed by atoms with van der Waals surface area (Å²) >= 11 is 0. The Labute approximate surface area is 154 Å². The van der Waals surface area contributed by atoms with Gasteiger partial charge in [0.1, 0.15) is 5.60 Å². The first-order valence-corrected chi connectivity index (χ1v) is 11.0. The third-order valence-corrected chi connectivity index (χ3v) is 8.16. The van der Waals surface area contributed by atoms with Crippen LogP contribution in [-0.2, 0) is 9.53 Å². The second-order valence-corrected chi connectivity index (χ2v) is 11.2. The van der Waals surface area contributed by atoms with Crippen LogP contribution in [0.3, 0.4) is 0 Å². The Bertz CT molecular complexity index is 485. The van der Waals surface area contributed by atoms with Gasteiger partial charge in [0, 0.05) is 0 Å². The van der Waals surface area contributed by atoms with Crippen molar-refractivity contribution in [2.75, 3.05) is 0 Å². The van der Waals surface area contributed by atoms with Crippen LogP contribution in [0, 0.1) is 28.6 Å². The minimum Gasteiger partial charge on any atom is -0.460 e. The lowest BCUT2D eigenvalue weighted by atomic mass is 9.48. The minimum absolute atomic E-state index is 0.0541. The van der Waals surface area contributed by atoms with Crippen LogP contribution in [0.1, 0.15) is 104 Å². The van der Waals surface area contributed by atoms with Gasteiger partial charge >= 0.3 is 5.97 Å². The van der Waals surface area contributed by atoms with E-state index >= 15 is 0 Å². The molecule has 0 amide bonds. The van der Waals surface area contributed by atoms with Crippen molar-refractivity contribution in [3.8, 4) is 0 Å². The Morgan fingerprint density at radius 3 is 1.92 bits per heavy atom. The predicted octanol–water partition coefficient (Wildman–Crippen LogP) is 6.28. The molecule has 2 nitrogen and oxygen atoms in total. The Kier molecular flexibility index (Phi) is 4.48. The summed E-state index contributed by atoms with van der Waals surface area (Å²) < 4.78 is 5.59. The molecule has 25 heavy (non-hydrogen) atoms. The summed E-state index contributed by atoms with van der Waals surface area (Å²) in [6.45, 7) is 5.92. The van der Waals surface area contributed by atoms with Crippen molar-refractivity contribution in [1.82, 2.24) is 0 Å². The van der Waals surface area contributed by atoms with Crippen LogP contribution in [0.25, 0.3) is 0 Å². The van der Waals surface area contributed by atoms with Crippen molar-refractivity contribution in [1.29, 1.82) is 0 Å². The van der Waals surface area contributed by atoms with Gasteiger partial charge in [0.25, 0.3) is 0 Å². The van der Waals surface area contributed by atoms with Crippen molar-refractivity contribution < 1.29 is 9.53 Å². The Morgan fingerprint density at radius 2 is 1.36 bits per heavy atom. The molecule has 0 N–H and O–H groups in total. The van der Waals surface area contributed by atoms with E-state index in [9.17, 15) is 4.79 Å². The quantitative estimate of drug-likeness (QED) is 0.550. The summed E-state index contributed by atoms with van der Waals surface area (Å²) in [7, 11) is 0. The molecule has 4 aliphatic rings. The number of rotatable bonds is 2. The molecule has 0 atom stereocenters. The molecule has 0 bridgehead atoms. The van der Waals surface area contributed by atoms with Crippen LogP contribution in [0.4, 0.5) is 0 Å². The molecule has 0 aromatic heterocycles. The number of carbonyl (C=O) groups is 1. The number of esters is 1. The second-order valence-electron chi connectivity index (χ2n) is 11.2. The molecule has 2 spiro atoms. The zero-order valence-electron chi connectivity index (χ0n) is 16.7. The summed E-state index contributed by atoms with van der Waals surface area (Å²) in [6.07, 6.45) is 18.4. The summed E-state index contributed by atoms with van der Waals surface area (Å²) in [4.78, 5) is 12.2. The molecule has 4 rings (SSSR count). The van der Waals surface area contributed by atoms with Crippen molar-refractivity contribution in [2.45, 2.75) is 110 Å². The van der Waals surface area contributed by atoms with E-state index in [-0.39, 0.29) is 17.5 Å². The normalized spacial score (nSPS) is 38.2. The number of hydrogen-bond donors (Lipinski definition) is 0. The Balaban J connectivity index is 1.21. The highest BCUT2D eigenvalue weighted by atomic mass is 16.6. The fourth-order valence-electron chi connectivity index (χ4n) is 6.77. The fourth-order valence-corrected chi connectivity index (χ4v) is 6.77.